The van der Waals surface area contributed by atoms with E-state index in [1.165, 1.54) is 6.07 Å². The summed E-state index contributed by atoms with van der Waals surface area (Å²) in [4.78, 5) is 11.4. The van der Waals surface area contributed by atoms with E-state index in [9.17, 15) is 20.1 Å². The van der Waals surface area contributed by atoms with Gasteiger partial charge in [-0.1, -0.05) is 29.9 Å². The van der Waals surface area contributed by atoms with E-state index in [0.717, 1.165) is 24.0 Å². The molecule has 0 heterocycles. The van der Waals surface area contributed by atoms with Crippen molar-refractivity contribution in [3.63, 3.8) is 0 Å². The lowest BCUT2D eigenvalue weighted by atomic mass is 9.85. The fraction of sp³-hybridized carbons (Fsp3) is 0.348. The van der Waals surface area contributed by atoms with Gasteiger partial charge in [-0.2, -0.15) is 0 Å². The molecule has 27 heavy (non-hydrogen) atoms. The summed E-state index contributed by atoms with van der Waals surface area (Å²) in [5.74, 6) is -0.989. The van der Waals surface area contributed by atoms with Crippen molar-refractivity contribution >= 4 is 5.97 Å². The van der Waals surface area contributed by atoms with Gasteiger partial charge in [-0.3, -0.25) is 0 Å². The molecule has 0 saturated carbocycles. The molecular weight excluding hydrogens is 340 g/mol. The quantitative estimate of drug-likeness (QED) is 0.268. The Morgan fingerprint density at radius 3 is 2.37 bits per heavy atom. The van der Waals surface area contributed by atoms with Gasteiger partial charge in [-0.15, -0.1) is 13.2 Å². The average molecular weight is 370 g/mol. The zero-order chi connectivity index (χ0) is 20.6. The highest BCUT2D eigenvalue weighted by Crippen LogP contribution is 2.39. The number of hydrogen-bond acceptors (Lipinski definition) is 3. The molecule has 0 radical (unpaired) electrons. The normalized spacial score (nSPS) is 12.4. The molecule has 146 valence electrons. The van der Waals surface area contributed by atoms with Crippen molar-refractivity contribution in [2.24, 2.45) is 0 Å². The highest BCUT2D eigenvalue weighted by atomic mass is 16.4. The van der Waals surface area contributed by atoms with Crippen molar-refractivity contribution in [3.05, 3.63) is 71.9 Å². The van der Waals surface area contributed by atoms with Gasteiger partial charge in [0, 0.05) is 22.6 Å². The Bertz CT molecular complexity index is 756. The SMILES string of the molecule is C=CCC/C(=C/Cc1cc(O)cc([C@@H](CCC(=C)C)C(=C)C)c1O)C(=O)O. The number of aliphatic carboxylic acids is 1. The van der Waals surface area contributed by atoms with Crippen LogP contribution in [0.15, 0.2) is 60.7 Å². The molecule has 0 spiro atoms. The number of phenols is 2. The number of hydrogen-bond donors (Lipinski definition) is 3. The first-order valence-corrected chi connectivity index (χ1v) is 9.05. The van der Waals surface area contributed by atoms with Gasteiger partial charge in [-0.05, 0) is 58.1 Å². The maximum atomic E-state index is 11.4. The molecule has 4 nitrogen and oxygen atoms in total. The molecule has 1 atom stereocenters. The third-order valence-corrected chi connectivity index (χ3v) is 4.49. The zero-order valence-corrected chi connectivity index (χ0v) is 16.3. The molecular formula is C23H30O4. The van der Waals surface area contributed by atoms with Crippen LogP contribution in [0, 0.1) is 0 Å². The lowest BCUT2D eigenvalue weighted by Crippen LogP contribution is -2.04. The standard InChI is InChI=1S/C23H30O4/c1-6-7-8-17(23(26)27)10-11-18-13-19(24)14-21(22(18)25)20(16(4)5)12-9-15(2)3/h6,10,13-14,20,24-25H,1-2,4,7-9,11-12H2,3,5H3,(H,26,27)/b17-10-/t20-/m0/s1. The molecule has 0 aliphatic heterocycles. The molecule has 0 fully saturated rings. The van der Waals surface area contributed by atoms with Gasteiger partial charge in [0.2, 0.25) is 0 Å². The van der Waals surface area contributed by atoms with E-state index in [4.69, 9.17) is 0 Å². The molecule has 0 aromatic heterocycles. The number of carboxylic acid groups (broad SMARTS) is 1. The van der Waals surface area contributed by atoms with Gasteiger partial charge in [0.05, 0.1) is 0 Å². The first-order chi connectivity index (χ1) is 12.7. The van der Waals surface area contributed by atoms with Crippen molar-refractivity contribution in [1.82, 2.24) is 0 Å². The Balaban J connectivity index is 3.23. The first kappa shape index (κ1) is 22.3. The molecule has 0 amide bonds. The van der Waals surface area contributed by atoms with E-state index in [1.807, 2.05) is 13.8 Å². The molecule has 0 unspecified atom stereocenters. The summed E-state index contributed by atoms with van der Waals surface area (Å²) in [5.41, 5.74) is 3.28. The maximum absolute atomic E-state index is 11.4. The molecule has 0 aliphatic carbocycles. The minimum absolute atomic E-state index is 0.0377. The smallest absolute Gasteiger partial charge is 0.331 e. The predicted molar refractivity (Wildman–Crippen MR) is 110 cm³/mol. The van der Waals surface area contributed by atoms with E-state index in [0.29, 0.717) is 24.0 Å². The van der Waals surface area contributed by atoms with Crippen LogP contribution in [0.1, 0.15) is 56.6 Å². The molecule has 0 bridgehead atoms. The fourth-order valence-corrected chi connectivity index (χ4v) is 2.97. The third kappa shape index (κ3) is 6.81. The number of benzene rings is 1. The van der Waals surface area contributed by atoms with Gasteiger partial charge in [0.25, 0.3) is 0 Å². The van der Waals surface area contributed by atoms with Crippen molar-refractivity contribution in [2.75, 3.05) is 0 Å². The third-order valence-electron chi connectivity index (χ3n) is 4.49. The number of rotatable bonds is 11. The predicted octanol–water partition coefficient (Wildman–Crippen LogP) is 5.63. The van der Waals surface area contributed by atoms with Crippen LogP contribution in [0.2, 0.25) is 0 Å². The van der Waals surface area contributed by atoms with Crippen LogP contribution in [0.3, 0.4) is 0 Å². The second-order valence-corrected chi connectivity index (χ2v) is 7.00. The Labute approximate surface area is 161 Å². The Morgan fingerprint density at radius 2 is 1.85 bits per heavy atom. The van der Waals surface area contributed by atoms with Gasteiger partial charge < -0.3 is 15.3 Å². The second-order valence-electron chi connectivity index (χ2n) is 7.00. The summed E-state index contributed by atoms with van der Waals surface area (Å²) in [5, 5.41) is 30.2. The van der Waals surface area contributed by atoms with Crippen LogP contribution in [-0.2, 0) is 11.2 Å². The van der Waals surface area contributed by atoms with E-state index in [2.05, 4.69) is 19.7 Å². The largest absolute Gasteiger partial charge is 0.508 e. The number of phenolic OH excluding ortho intramolecular Hbond substituents is 2. The first-order valence-electron chi connectivity index (χ1n) is 9.05. The van der Waals surface area contributed by atoms with E-state index in [-0.39, 0.29) is 29.4 Å². The molecule has 4 heteroatoms. The van der Waals surface area contributed by atoms with Crippen molar-refractivity contribution in [2.45, 2.75) is 51.9 Å². The van der Waals surface area contributed by atoms with Crippen LogP contribution in [0.4, 0.5) is 0 Å². The van der Waals surface area contributed by atoms with E-state index < -0.39 is 5.97 Å². The minimum atomic E-state index is -0.988. The minimum Gasteiger partial charge on any atom is -0.508 e. The molecule has 3 N–H and O–H groups in total. The van der Waals surface area contributed by atoms with Gasteiger partial charge >= 0.3 is 5.97 Å². The maximum Gasteiger partial charge on any atom is 0.331 e. The van der Waals surface area contributed by atoms with Gasteiger partial charge in [0.15, 0.2) is 0 Å². The van der Waals surface area contributed by atoms with Crippen LogP contribution in [-0.4, -0.2) is 21.3 Å². The lowest BCUT2D eigenvalue weighted by molar-refractivity contribution is -0.132. The van der Waals surface area contributed by atoms with Crippen LogP contribution < -0.4 is 0 Å². The monoisotopic (exact) mass is 370 g/mol. The summed E-state index contributed by atoms with van der Waals surface area (Å²) in [6.45, 7) is 15.4. The van der Waals surface area contributed by atoms with E-state index >= 15 is 0 Å². The highest BCUT2D eigenvalue weighted by molar-refractivity contribution is 5.86. The number of allylic oxidation sites excluding steroid dienone is 4. The summed E-state index contributed by atoms with van der Waals surface area (Å²) in [6.07, 6.45) is 5.92. The summed E-state index contributed by atoms with van der Waals surface area (Å²) in [7, 11) is 0. The number of carbonyl (C=O) groups is 1. The Morgan fingerprint density at radius 1 is 1.19 bits per heavy atom. The average Bonchev–Trinajstić information content (AvgIpc) is 2.57. The summed E-state index contributed by atoms with van der Waals surface area (Å²) >= 11 is 0. The lowest BCUT2D eigenvalue weighted by Gasteiger charge is -2.21. The van der Waals surface area contributed by atoms with E-state index in [1.54, 1.807) is 18.2 Å². The topological polar surface area (TPSA) is 77.8 Å². The van der Waals surface area contributed by atoms with Crippen LogP contribution >= 0.6 is 0 Å². The molecule has 1 aromatic carbocycles. The molecule has 0 saturated heterocycles. The van der Waals surface area contributed by atoms with Crippen molar-refractivity contribution in [1.29, 1.82) is 0 Å². The van der Waals surface area contributed by atoms with Crippen molar-refractivity contribution < 1.29 is 20.1 Å². The van der Waals surface area contributed by atoms with Crippen LogP contribution in [0.25, 0.3) is 0 Å². The fourth-order valence-electron chi connectivity index (χ4n) is 2.97. The van der Waals surface area contributed by atoms with Crippen LogP contribution in [0.5, 0.6) is 11.5 Å². The molecule has 1 aromatic rings. The Kier molecular flexibility index (Phi) is 8.60. The number of carboxylic acids is 1. The van der Waals surface area contributed by atoms with Crippen molar-refractivity contribution in [3.8, 4) is 11.5 Å². The number of aromatic hydroxyl groups is 2. The van der Waals surface area contributed by atoms with Gasteiger partial charge in [-0.25, -0.2) is 4.79 Å². The zero-order valence-electron chi connectivity index (χ0n) is 16.3. The second kappa shape index (κ2) is 10.4. The molecule has 1 rings (SSSR count). The van der Waals surface area contributed by atoms with Gasteiger partial charge in [0.1, 0.15) is 11.5 Å². The summed E-state index contributed by atoms with van der Waals surface area (Å²) < 4.78 is 0. The molecule has 0 aliphatic rings. The summed E-state index contributed by atoms with van der Waals surface area (Å²) in [6, 6.07) is 3.02. The Hall–Kier alpha value is -2.75. The highest BCUT2D eigenvalue weighted by Gasteiger charge is 2.20.